The molecule has 0 bridgehead atoms. The van der Waals surface area contributed by atoms with Crippen LogP contribution in [0.1, 0.15) is 27.2 Å². The Labute approximate surface area is 74.1 Å². The third-order valence-corrected chi connectivity index (χ3v) is 2.43. The lowest BCUT2D eigenvalue weighted by atomic mass is 10.2. The van der Waals surface area contributed by atoms with Crippen LogP contribution in [0.25, 0.3) is 0 Å². The van der Waals surface area contributed by atoms with Crippen LogP contribution in [0.2, 0.25) is 0 Å². The molecule has 1 aliphatic rings. The fourth-order valence-corrected chi connectivity index (χ4v) is 1.63. The van der Waals surface area contributed by atoms with Crippen molar-refractivity contribution in [2.75, 3.05) is 13.1 Å². The molecule has 70 valence electrons. The molecule has 2 unspecified atom stereocenters. The van der Waals surface area contributed by atoms with E-state index in [1.807, 2.05) is 18.7 Å². The topological polar surface area (TPSA) is 32.3 Å². The predicted octanol–water partition coefficient (Wildman–Crippen LogP) is 0.605. The Balaban J connectivity index is 2.63. The molecule has 3 heteroatoms. The highest BCUT2D eigenvalue weighted by atomic mass is 16.2. The second-order valence-electron chi connectivity index (χ2n) is 3.50. The number of likely N-dealkylation sites (N-methyl/N-ethyl adjacent to an activating group) is 1. The molecule has 12 heavy (non-hydrogen) atoms. The van der Waals surface area contributed by atoms with E-state index in [0.717, 1.165) is 19.5 Å². The minimum atomic E-state index is -0.0116. The van der Waals surface area contributed by atoms with Crippen molar-refractivity contribution >= 4 is 5.91 Å². The van der Waals surface area contributed by atoms with Crippen LogP contribution in [-0.2, 0) is 4.79 Å². The Morgan fingerprint density at radius 2 is 2.25 bits per heavy atom. The van der Waals surface area contributed by atoms with E-state index in [4.69, 9.17) is 0 Å². The molecule has 1 rings (SSSR count). The minimum absolute atomic E-state index is 0.0116. The number of nitrogens with one attached hydrogen (secondary N) is 1. The number of carbonyl (C=O) groups excluding carboxylic acids is 1. The van der Waals surface area contributed by atoms with Crippen molar-refractivity contribution in [2.45, 2.75) is 39.3 Å². The summed E-state index contributed by atoms with van der Waals surface area (Å²) in [4.78, 5) is 13.5. The van der Waals surface area contributed by atoms with Crippen LogP contribution in [0.15, 0.2) is 0 Å². The number of carbonyl (C=O) groups is 1. The standard InChI is InChI=1S/C9H18N2O/c1-4-11-6-5-7(2)10-8(3)9(11)12/h7-8,10H,4-6H2,1-3H3. The molecule has 3 nitrogen and oxygen atoms in total. The van der Waals surface area contributed by atoms with Crippen molar-refractivity contribution in [3.63, 3.8) is 0 Å². The summed E-state index contributed by atoms with van der Waals surface area (Å²) in [7, 11) is 0. The van der Waals surface area contributed by atoms with Crippen molar-refractivity contribution in [3.8, 4) is 0 Å². The quantitative estimate of drug-likeness (QED) is 0.625. The molecule has 0 spiro atoms. The second-order valence-corrected chi connectivity index (χ2v) is 3.50. The molecule has 0 aromatic carbocycles. The van der Waals surface area contributed by atoms with Crippen LogP contribution in [0.4, 0.5) is 0 Å². The smallest absolute Gasteiger partial charge is 0.239 e. The van der Waals surface area contributed by atoms with Gasteiger partial charge in [-0.1, -0.05) is 0 Å². The monoisotopic (exact) mass is 170 g/mol. The second kappa shape index (κ2) is 3.90. The number of rotatable bonds is 1. The first-order chi connectivity index (χ1) is 5.65. The molecule has 0 saturated carbocycles. The maximum atomic E-state index is 11.6. The van der Waals surface area contributed by atoms with Crippen molar-refractivity contribution < 1.29 is 4.79 Å². The lowest BCUT2D eigenvalue weighted by Crippen LogP contribution is -2.42. The summed E-state index contributed by atoms with van der Waals surface area (Å²) < 4.78 is 0. The first-order valence-electron chi connectivity index (χ1n) is 4.70. The molecule has 1 N–H and O–H groups in total. The summed E-state index contributed by atoms with van der Waals surface area (Å²) in [6.45, 7) is 7.82. The molecular weight excluding hydrogens is 152 g/mol. The average molecular weight is 170 g/mol. The third kappa shape index (κ3) is 1.97. The van der Waals surface area contributed by atoms with E-state index in [-0.39, 0.29) is 11.9 Å². The van der Waals surface area contributed by atoms with E-state index in [2.05, 4.69) is 12.2 Å². The highest BCUT2D eigenvalue weighted by Crippen LogP contribution is 2.05. The Hall–Kier alpha value is -0.570. The van der Waals surface area contributed by atoms with Gasteiger partial charge in [-0.05, 0) is 27.2 Å². The number of amides is 1. The van der Waals surface area contributed by atoms with Gasteiger partial charge in [0, 0.05) is 19.1 Å². The first-order valence-corrected chi connectivity index (χ1v) is 4.70. The fourth-order valence-electron chi connectivity index (χ4n) is 1.63. The predicted molar refractivity (Wildman–Crippen MR) is 48.9 cm³/mol. The van der Waals surface area contributed by atoms with Gasteiger partial charge in [0.1, 0.15) is 0 Å². The van der Waals surface area contributed by atoms with Gasteiger partial charge >= 0.3 is 0 Å². The van der Waals surface area contributed by atoms with Gasteiger partial charge < -0.3 is 10.2 Å². The number of hydrogen-bond donors (Lipinski definition) is 1. The molecule has 1 heterocycles. The zero-order valence-electron chi connectivity index (χ0n) is 8.13. The Kier molecular flexibility index (Phi) is 3.09. The Morgan fingerprint density at radius 3 is 2.83 bits per heavy atom. The highest BCUT2D eigenvalue weighted by Gasteiger charge is 2.24. The third-order valence-electron chi connectivity index (χ3n) is 2.43. The molecule has 1 fully saturated rings. The molecular formula is C9H18N2O. The maximum absolute atomic E-state index is 11.6. The largest absolute Gasteiger partial charge is 0.342 e. The summed E-state index contributed by atoms with van der Waals surface area (Å²) in [5.41, 5.74) is 0. The van der Waals surface area contributed by atoms with E-state index < -0.39 is 0 Å². The summed E-state index contributed by atoms with van der Waals surface area (Å²) in [5, 5.41) is 3.26. The average Bonchev–Trinajstić information content (AvgIpc) is 2.14. The van der Waals surface area contributed by atoms with Crippen LogP contribution in [0.5, 0.6) is 0 Å². The fraction of sp³-hybridized carbons (Fsp3) is 0.889. The Bertz CT molecular complexity index is 170. The highest BCUT2D eigenvalue weighted by molar-refractivity contribution is 5.81. The van der Waals surface area contributed by atoms with Gasteiger partial charge in [-0.2, -0.15) is 0 Å². The van der Waals surface area contributed by atoms with Gasteiger partial charge in [-0.3, -0.25) is 4.79 Å². The minimum Gasteiger partial charge on any atom is -0.342 e. The van der Waals surface area contributed by atoms with Crippen molar-refractivity contribution in [2.24, 2.45) is 0 Å². The molecule has 1 amide bonds. The van der Waals surface area contributed by atoms with E-state index in [1.54, 1.807) is 0 Å². The molecule has 0 aliphatic carbocycles. The van der Waals surface area contributed by atoms with Crippen LogP contribution in [-0.4, -0.2) is 36.0 Å². The van der Waals surface area contributed by atoms with Crippen molar-refractivity contribution in [3.05, 3.63) is 0 Å². The Morgan fingerprint density at radius 1 is 1.58 bits per heavy atom. The molecule has 2 atom stereocenters. The summed E-state index contributed by atoms with van der Waals surface area (Å²) in [5.74, 6) is 0.238. The van der Waals surface area contributed by atoms with E-state index >= 15 is 0 Å². The lowest BCUT2D eigenvalue weighted by molar-refractivity contribution is -0.132. The van der Waals surface area contributed by atoms with Gasteiger partial charge in [0.05, 0.1) is 6.04 Å². The summed E-state index contributed by atoms with van der Waals surface area (Å²) in [6.07, 6.45) is 1.06. The van der Waals surface area contributed by atoms with Crippen LogP contribution < -0.4 is 5.32 Å². The van der Waals surface area contributed by atoms with Crippen LogP contribution >= 0.6 is 0 Å². The van der Waals surface area contributed by atoms with Crippen molar-refractivity contribution in [1.29, 1.82) is 0 Å². The molecule has 1 aliphatic heterocycles. The maximum Gasteiger partial charge on any atom is 0.239 e. The first kappa shape index (κ1) is 9.52. The summed E-state index contributed by atoms with van der Waals surface area (Å²) >= 11 is 0. The zero-order chi connectivity index (χ0) is 9.14. The van der Waals surface area contributed by atoms with Gasteiger partial charge in [-0.15, -0.1) is 0 Å². The normalized spacial score (nSPS) is 31.9. The molecule has 0 aromatic heterocycles. The van der Waals surface area contributed by atoms with Crippen molar-refractivity contribution in [1.82, 2.24) is 10.2 Å². The van der Waals surface area contributed by atoms with Gasteiger partial charge in [0.15, 0.2) is 0 Å². The van der Waals surface area contributed by atoms with E-state index in [9.17, 15) is 4.79 Å². The van der Waals surface area contributed by atoms with Gasteiger partial charge in [0.25, 0.3) is 0 Å². The van der Waals surface area contributed by atoms with E-state index in [1.165, 1.54) is 0 Å². The van der Waals surface area contributed by atoms with Gasteiger partial charge in [-0.25, -0.2) is 0 Å². The summed E-state index contributed by atoms with van der Waals surface area (Å²) in [6, 6.07) is 0.447. The van der Waals surface area contributed by atoms with Crippen LogP contribution in [0, 0.1) is 0 Å². The van der Waals surface area contributed by atoms with Gasteiger partial charge in [0.2, 0.25) is 5.91 Å². The van der Waals surface area contributed by atoms with E-state index in [0.29, 0.717) is 6.04 Å². The SMILES string of the molecule is CCN1CCC(C)NC(C)C1=O. The molecule has 1 saturated heterocycles. The molecule has 0 radical (unpaired) electrons. The lowest BCUT2D eigenvalue weighted by Gasteiger charge is -2.20. The number of hydrogen-bond acceptors (Lipinski definition) is 2. The zero-order valence-corrected chi connectivity index (χ0v) is 8.13. The number of nitrogens with zero attached hydrogens (tertiary/aromatic N) is 1. The van der Waals surface area contributed by atoms with Crippen LogP contribution in [0.3, 0.4) is 0 Å². The molecule has 0 aromatic rings.